The van der Waals surface area contributed by atoms with E-state index in [-0.39, 0.29) is 30.6 Å². The maximum atomic E-state index is 13.5. The lowest BCUT2D eigenvalue weighted by Crippen LogP contribution is -2.41. The predicted octanol–water partition coefficient (Wildman–Crippen LogP) is 3.05. The fraction of sp³-hybridized carbons (Fsp3) is 0.368. The molecule has 0 saturated carbocycles. The van der Waals surface area contributed by atoms with Crippen molar-refractivity contribution in [3.05, 3.63) is 54.1 Å². The van der Waals surface area contributed by atoms with Gasteiger partial charge >= 0.3 is 5.51 Å². The van der Waals surface area contributed by atoms with E-state index < -0.39 is 26.1 Å². The number of rotatable bonds is 5. The van der Waals surface area contributed by atoms with E-state index in [2.05, 4.69) is 10.3 Å². The van der Waals surface area contributed by atoms with Gasteiger partial charge in [-0.1, -0.05) is 6.07 Å². The molecule has 1 aromatic carbocycles. The lowest BCUT2D eigenvalue weighted by Gasteiger charge is -2.34. The monoisotopic (exact) mass is 445 g/mol. The average molecular weight is 445 g/mol. The number of aromatic nitrogens is 1. The standard InChI is InChI=1S/C19H19F4N3O3S/c20-15-3-4-16(17(10-15)30(28,29)19(21,22)23)26-8-5-14(6-9-26)18(27)25-12-13-2-1-7-24-11-13/h1-4,7,10-11,14H,5-6,8-9,12H2,(H,25,27). The number of hydrogen-bond acceptors (Lipinski definition) is 5. The number of carbonyl (C=O) groups is 1. The number of hydrogen-bond donors (Lipinski definition) is 1. The molecule has 1 aromatic heterocycles. The molecule has 30 heavy (non-hydrogen) atoms. The van der Waals surface area contributed by atoms with Gasteiger partial charge in [0.05, 0.1) is 5.69 Å². The van der Waals surface area contributed by atoms with Crippen molar-refractivity contribution in [1.82, 2.24) is 10.3 Å². The molecule has 1 amide bonds. The van der Waals surface area contributed by atoms with Gasteiger partial charge in [0, 0.05) is 37.9 Å². The Morgan fingerprint density at radius 1 is 1.20 bits per heavy atom. The number of sulfone groups is 1. The predicted molar refractivity (Wildman–Crippen MR) is 101 cm³/mol. The molecule has 2 heterocycles. The van der Waals surface area contributed by atoms with Crippen LogP contribution in [0.15, 0.2) is 47.6 Å². The summed E-state index contributed by atoms with van der Waals surface area (Å²) in [4.78, 5) is 16.6. The van der Waals surface area contributed by atoms with E-state index in [1.54, 1.807) is 18.5 Å². The van der Waals surface area contributed by atoms with Crippen LogP contribution in [0.3, 0.4) is 0 Å². The van der Waals surface area contributed by atoms with Crippen LogP contribution in [-0.2, 0) is 21.2 Å². The zero-order valence-corrected chi connectivity index (χ0v) is 16.5. The molecule has 0 radical (unpaired) electrons. The number of nitrogens with one attached hydrogen (secondary N) is 1. The Kier molecular flexibility index (Phi) is 6.30. The summed E-state index contributed by atoms with van der Waals surface area (Å²) in [5.41, 5.74) is -4.93. The van der Waals surface area contributed by atoms with Gasteiger partial charge in [-0.25, -0.2) is 12.8 Å². The Hall–Kier alpha value is -2.69. The number of pyridine rings is 1. The van der Waals surface area contributed by atoms with Gasteiger partial charge in [-0.3, -0.25) is 9.78 Å². The summed E-state index contributed by atoms with van der Waals surface area (Å²) in [5.74, 6) is -1.63. The minimum Gasteiger partial charge on any atom is -0.370 e. The van der Waals surface area contributed by atoms with Crippen LogP contribution in [0, 0.1) is 11.7 Å². The molecule has 1 aliphatic rings. The lowest BCUT2D eigenvalue weighted by atomic mass is 9.95. The van der Waals surface area contributed by atoms with E-state index >= 15 is 0 Å². The van der Waals surface area contributed by atoms with E-state index in [1.807, 2.05) is 6.07 Å². The van der Waals surface area contributed by atoms with Crippen LogP contribution in [0.25, 0.3) is 0 Å². The SMILES string of the molecule is O=C(NCc1cccnc1)C1CCN(c2ccc(F)cc2S(=O)(=O)C(F)(F)F)CC1. The molecule has 1 fully saturated rings. The first-order chi connectivity index (χ1) is 14.1. The Bertz CT molecular complexity index is 1010. The first kappa shape index (κ1) is 22.0. The zero-order valence-electron chi connectivity index (χ0n) is 15.7. The van der Waals surface area contributed by atoms with Crippen molar-refractivity contribution in [2.24, 2.45) is 5.92 Å². The summed E-state index contributed by atoms with van der Waals surface area (Å²) in [7, 11) is -5.71. The molecule has 0 bridgehead atoms. The van der Waals surface area contributed by atoms with Gasteiger partial charge in [0.15, 0.2) is 0 Å². The average Bonchev–Trinajstić information content (AvgIpc) is 2.72. The molecule has 0 atom stereocenters. The number of anilines is 1. The third kappa shape index (κ3) is 4.72. The van der Waals surface area contributed by atoms with Crippen LogP contribution in [0.5, 0.6) is 0 Å². The summed E-state index contributed by atoms with van der Waals surface area (Å²) in [6.07, 6.45) is 3.88. The number of benzene rings is 1. The molecule has 11 heteroatoms. The topological polar surface area (TPSA) is 79.4 Å². The second-order valence-corrected chi connectivity index (χ2v) is 8.81. The fourth-order valence-electron chi connectivity index (χ4n) is 3.31. The Morgan fingerprint density at radius 2 is 1.90 bits per heavy atom. The van der Waals surface area contributed by atoms with Crippen molar-refractivity contribution in [2.45, 2.75) is 29.8 Å². The highest BCUT2D eigenvalue weighted by atomic mass is 32.2. The van der Waals surface area contributed by atoms with Crippen LogP contribution in [0.4, 0.5) is 23.2 Å². The van der Waals surface area contributed by atoms with Crippen LogP contribution >= 0.6 is 0 Å². The van der Waals surface area contributed by atoms with E-state index in [0.717, 1.165) is 17.7 Å². The van der Waals surface area contributed by atoms with E-state index in [1.165, 1.54) is 4.90 Å². The third-order valence-electron chi connectivity index (χ3n) is 4.91. The Morgan fingerprint density at radius 3 is 2.50 bits per heavy atom. The molecule has 6 nitrogen and oxygen atoms in total. The van der Waals surface area contributed by atoms with Crippen molar-refractivity contribution in [2.75, 3.05) is 18.0 Å². The highest BCUT2D eigenvalue weighted by Gasteiger charge is 2.48. The molecular weight excluding hydrogens is 426 g/mol. The summed E-state index contributed by atoms with van der Waals surface area (Å²) in [5, 5.41) is 2.79. The number of amides is 1. The third-order valence-corrected chi connectivity index (χ3v) is 6.43. The van der Waals surface area contributed by atoms with Crippen LogP contribution < -0.4 is 10.2 Å². The molecule has 0 spiro atoms. The van der Waals surface area contributed by atoms with Gasteiger partial charge in [-0.2, -0.15) is 13.2 Å². The summed E-state index contributed by atoms with van der Waals surface area (Å²) in [6, 6.07) is 5.88. The quantitative estimate of drug-likeness (QED) is 0.716. The first-order valence-corrected chi connectivity index (χ1v) is 10.6. The molecule has 0 aliphatic carbocycles. The second-order valence-electron chi connectivity index (χ2n) is 6.90. The van der Waals surface area contributed by atoms with Crippen molar-refractivity contribution < 1.29 is 30.8 Å². The van der Waals surface area contributed by atoms with Crippen LogP contribution in [-0.4, -0.2) is 37.9 Å². The molecule has 1 N–H and O–H groups in total. The Labute approximate surface area is 170 Å². The summed E-state index contributed by atoms with van der Waals surface area (Å²) in [6.45, 7) is 0.632. The normalized spacial score (nSPS) is 15.8. The van der Waals surface area contributed by atoms with Crippen molar-refractivity contribution in [3.63, 3.8) is 0 Å². The maximum Gasteiger partial charge on any atom is 0.501 e. The summed E-state index contributed by atoms with van der Waals surface area (Å²) >= 11 is 0. The van der Waals surface area contributed by atoms with Gasteiger partial charge < -0.3 is 10.2 Å². The molecular formula is C19H19F4N3O3S. The second kappa shape index (κ2) is 8.58. The number of carbonyl (C=O) groups excluding carboxylic acids is 1. The first-order valence-electron chi connectivity index (χ1n) is 9.12. The van der Waals surface area contributed by atoms with Gasteiger partial charge in [0.2, 0.25) is 5.91 Å². The molecule has 3 rings (SSSR count). The van der Waals surface area contributed by atoms with Gasteiger partial charge in [0.25, 0.3) is 9.84 Å². The molecule has 0 unspecified atom stereocenters. The molecule has 1 aliphatic heterocycles. The molecule has 162 valence electrons. The molecule has 2 aromatic rings. The van der Waals surface area contributed by atoms with Crippen LogP contribution in [0.2, 0.25) is 0 Å². The minimum absolute atomic E-state index is 0.164. The van der Waals surface area contributed by atoms with Crippen molar-refractivity contribution in [1.29, 1.82) is 0 Å². The smallest absolute Gasteiger partial charge is 0.370 e. The van der Waals surface area contributed by atoms with E-state index in [0.29, 0.717) is 25.5 Å². The molecule has 1 saturated heterocycles. The minimum atomic E-state index is -5.71. The fourth-order valence-corrected chi connectivity index (χ4v) is 4.30. The van der Waals surface area contributed by atoms with E-state index in [4.69, 9.17) is 0 Å². The number of nitrogens with zero attached hydrogens (tertiary/aromatic N) is 2. The highest BCUT2D eigenvalue weighted by Crippen LogP contribution is 2.37. The largest absolute Gasteiger partial charge is 0.501 e. The van der Waals surface area contributed by atoms with Gasteiger partial charge in [0.1, 0.15) is 10.7 Å². The Balaban J connectivity index is 1.69. The van der Waals surface area contributed by atoms with Gasteiger partial charge in [-0.05, 0) is 42.7 Å². The summed E-state index contributed by atoms with van der Waals surface area (Å²) < 4.78 is 76.3. The zero-order chi connectivity index (χ0) is 21.9. The van der Waals surface area contributed by atoms with E-state index in [9.17, 15) is 30.8 Å². The lowest BCUT2D eigenvalue weighted by molar-refractivity contribution is -0.125. The van der Waals surface area contributed by atoms with Crippen molar-refractivity contribution >= 4 is 21.4 Å². The number of piperidine rings is 1. The maximum absolute atomic E-state index is 13.5. The number of halogens is 4. The highest BCUT2D eigenvalue weighted by molar-refractivity contribution is 7.92. The van der Waals surface area contributed by atoms with Crippen molar-refractivity contribution in [3.8, 4) is 0 Å². The van der Waals surface area contributed by atoms with Crippen LogP contribution in [0.1, 0.15) is 18.4 Å². The van der Waals surface area contributed by atoms with Gasteiger partial charge in [-0.15, -0.1) is 0 Å². The number of alkyl halides is 3.